The standard InChI is InChI=1S/C13H12FNOS/c14-9-3-4-11-8(6-9)7-12(17-11)13(15)10-2-1-5-16-10/h2-4,6-7,13H,1,5,15H2. The molecule has 2 nitrogen and oxygen atoms in total. The van der Waals surface area contributed by atoms with Gasteiger partial charge in [-0.1, -0.05) is 0 Å². The van der Waals surface area contributed by atoms with Crippen LogP contribution in [-0.2, 0) is 4.74 Å². The van der Waals surface area contributed by atoms with Gasteiger partial charge in [-0.05, 0) is 35.7 Å². The van der Waals surface area contributed by atoms with Crippen molar-refractivity contribution in [3.63, 3.8) is 0 Å². The van der Waals surface area contributed by atoms with E-state index in [1.54, 1.807) is 17.4 Å². The van der Waals surface area contributed by atoms with E-state index in [1.165, 1.54) is 12.1 Å². The quantitative estimate of drug-likeness (QED) is 0.886. The molecule has 0 saturated heterocycles. The Morgan fingerprint density at radius 3 is 3.00 bits per heavy atom. The molecule has 88 valence electrons. The van der Waals surface area contributed by atoms with Crippen LogP contribution in [0.3, 0.4) is 0 Å². The number of rotatable bonds is 2. The summed E-state index contributed by atoms with van der Waals surface area (Å²) in [7, 11) is 0. The first-order chi connectivity index (χ1) is 8.24. The van der Waals surface area contributed by atoms with E-state index < -0.39 is 0 Å². The van der Waals surface area contributed by atoms with E-state index in [-0.39, 0.29) is 11.9 Å². The molecule has 17 heavy (non-hydrogen) atoms. The Bertz CT molecular complexity index is 590. The molecule has 1 atom stereocenters. The summed E-state index contributed by atoms with van der Waals surface area (Å²) >= 11 is 1.59. The average Bonchev–Trinajstić information content (AvgIpc) is 2.96. The van der Waals surface area contributed by atoms with Crippen LogP contribution >= 0.6 is 11.3 Å². The molecule has 2 N–H and O–H groups in total. The summed E-state index contributed by atoms with van der Waals surface area (Å²) in [6, 6.07) is 6.51. The second kappa shape index (κ2) is 4.13. The van der Waals surface area contributed by atoms with Crippen molar-refractivity contribution in [3.05, 3.63) is 46.8 Å². The predicted molar refractivity (Wildman–Crippen MR) is 67.4 cm³/mol. The summed E-state index contributed by atoms with van der Waals surface area (Å²) in [5.74, 6) is 0.615. The second-order valence-corrected chi connectivity index (χ2v) is 5.17. The maximum atomic E-state index is 13.1. The fourth-order valence-electron chi connectivity index (χ4n) is 1.98. The summed E-state index contributed by atoms with van der Waals surface area (Å²) < 4.78 is 19.6. The van der Waals surface area contributed by atoms with E-state index in [2.05, 4.69) is 0 Å². The van der Waals surface area contributed by atoms with Crippen LogP contribution in [0.15, 0.2) is 36.1 Å². The smallest absolute Gasteiger partial charge is 0.123 e. The predicted octanol–water partition coefficient (Wildman–Crippen LogP) is 3.34. The highest BCUT2D eigenvalue weighted by Crippen LogP contribution is 2.33. The molecule has 1 aromatic carbocycles. The normalized spacial score (nSPS) is 16.9. The van der Waals surface area contributed by atoms with E-state index in [0.29, 0.717) is 6.61 Å². The average molecular weight is 249 g/mol. The molecule has 0 bridgehead atoms. The number of ether oxygens (including phenoxy) is 1. The minimum absolute atomic E-state index is 0.216. The Hall–Kier alpha value is -1.39. The fourth-order valence-corrected chi connectivity index (χ4v) is 3.04. The molecule has 2 aromatic rings. The lowest BCUT2D eigenvalue weighted by molar-refractivity contribution is 0.226. The number of hydrogen-bond acceptors (Lipinski definition) is 3. The summed E-state index contributed by atoms with van der Waals surface area (Å²) in [6.07, 6.45) is 2.94. The molecule has 0 radical (unpaired) electrons. The topological polar surface area (TPSA) is 35.2 Å². The highest BCUT2D eigenvalue weighted by Gasteiger charge is 2.18. The molecule has 2 heterocycles. The van der Waals surface area contributed by atoms with Crippen LogP contribution in [0.5, 0.6) is 0 Å². The largest absolute Gasteiger partial charge is 0.496 e. The van der Waals surface area contributed by atoms with E-state index in [0.717, 1.165) is 27.1 Å². The highest BCUT2D eigenvalue weighted by molar-refractivity contribution is 7.19. The summed E-state index contributed by atoms with van der Waals surface area (Å²) in [5.41, 5.74) is 6.13. The molecule has 1 aliphatic heterocycles. The SMILES string of the molecule is NC(C1=CCCO1)c1cc2cc(F)ccc2s1. The van der Waals surface area contributed by atoms with Crippen LogP contribution in [-0.4, -0.2) is 6.61 Å². The number of nitrogens with two attached hydrogens (primary N) is 1. The van der Waals surface area contributed by atoms with Gasteiger partial charge in [0.05, 0.1) is 12.6 Å². The summed E-state index contributed by atoms with van der Waals surface area (Å²) in [4.78, 5) is 1.01. The summed E-state index contributed by atoms with van der Waals surface area (Å²) in [5, 5.41) is 0.902. The van der Waals surface area contributed by atoms with Gasteiger partial charge in [-0.3, -0.25) is 0 Å². The first-order valence-corrected chi connectivity index (χ1v) is 6.33. The Morgan fingerprint density at radius 2 is 2.24 bits per heavy atom. The molecular formula is C13H12FNOS. The van der Waals surface area contributed by atoms with Crippen molar-refractivity contribution in [1.29, 1.82) is 0 Å². The molecule has 0 amide bonds. The van der Waals surface area contributed by atoms with Crippen LogP contribution < -0.4 is 5.73 Å². The first-order valence-electron chi connectivity index (χ1n) is 5.51. The number of hydrogen-bond donors (Lipinski definition) is 1. The molecule has 4 heteroatoms. The maximum Gasteiger partial charge on any atom is 0.123 e. The third kappa shape index (κ3) is 1.94. The minimum atomic E-state index is -0.224. The molecule has 0 saturated carbocycles. The van der Waals surface area contributed by atoms with Gasteiger partial charge >= 0.3 is 0 Å². The van der Waals surface area contributed by atoms with Gasteiger partial charge in [0.15, 0.2) is 0 Å². The zero-order chi connectivity index (χ0) is 11.8. The van der Waals surface area contributed by atoms with Gasteiger partial charge in [0.25, 0.3) is 0 Å². The zero-order valence-corrected chi connectivity index (χ0v) is 9.97. The lowest BCUT2D eigenvalue weighted by Gasteiger charge is -2.10. The van der Waals surface area contributed by atoms with Gasteiger partial charge in [-0.25, -0.2) is 4.39 Å². The maximum absolute atomic E-state index is 13.1. The van der Waals surface area contributed by atoms with Crippen molar-refractivity contribution in [2.24, 2.45) is 5.73 Å². The van der Waals surface area contributed by atoms with Gasteiger partial charge in [0, 0.05) is 16.0 Å². The zero-order valence-electron chi connectivity index (χ0n) is 9.15. The minimum Gasteiger partial charge on any atom is -0.496 e. The van der Waals surface area contributed by atoms with E-state index in [9.17, 15) is 4.39 Å². The third-order valence-electron chi connectivity index (χ3n) is 2.84. The molecule has 1 aromatic heterocycles. The van der Waals surface area contributed by atoms with Crippen molar-refractivity contribution in [1.82, 2.24) is 0 Å². The number of benzene rings is 1. The van der Waals surface area contributed by atoms with Gasteiger partial charge in [0.2, 0.25) is 0 Å². The molecule has 0 fully saturated rings. The molecule has 0 aliphatic carbocycles. The van der Waals surface area contributed by atoms with Gasteiger partial charge in [0.1, 0.15) is 11.6 Å². The van der Waals surface area contributed by atoms with Crippen LogP contribution in [0.2, 0.25) is 0 Å². The molecule has 1 unspecified atom stereocenters. The molecule has 3 rings (SSSR count). The van der Waals surface area contributed by atoms with E-state index in [1.807, 2.05) is 12.1 Å². The van der Waals surface area contributed by atoms with Crippen molar-refractivity contribution < 1.29 is 9.13 Å². The number of fused-ring (bicyclic) bond motifs is 1. The van der Waals surface area contributed by atoms with Crippen molar-refractivity contribution in [2.75, 3.05) is 6.61 Å². The Morgan fingerprint density at radius 1 is 1.35 bits per heavy atom. The Kier molecular flexibility index (Phi) is 2.61. The summed E-state index contributed by atoms with van der Waals surface area (Å²) in [6.45, 7) is 0.711. The third-order valence-corrected chi connectivity index (χ3v) is 4.04. The lowest BCUT2D eigenvalue weighted by Crippen LogP contribution is -2.11. The van der Waals surface area contributed by atoms with E-state index >= 15 is 0 Å². The van der Waals surface area contributed by atoms with Gasteiger partial charge in [-0.15, -0.1) is 11.3 Å². The first kappa shape index (κ1) is 10.7. The van der Waals surface area contributed by atoms with Crippen molar-refractivity contribution >= 4 is 21.4 Å². The van der Waals surface area contributed by atoms with Crippen molar-refractivity contribution in [3.8, 4) is 0 Å². The molecular weight excluding hydrogens is 237 g/mol. The van der Waals surface area contributed by atoms with Gasteiger partial charge < -0.3 is 10.5 Å². The Labute approximate surface area is 103 Å². The van der Waals surface area contributed by atoms with Crippen LogP contribution in [0.25, 0.3) is 10.1 Å². The van der Waals surface area contributed by atoms with Crippen LogP contribution in [0.4, 0.5) is 4.39 Å². The monoisotopic (exact) mass is 249 g/mol. The number of halogens is 1. The number of thiophene rings is 1. The molecule has 0 spiro atoms. The highest BCUT2D eigenvalue weighted by atomic mass is 32.1. The lowest BCUT2D eigenvalue weighted by atomic mass is 10.2. The van der Waals surface area contributed by atoms with Crippen LogP contribution in [0.1, 0.15) is 17.3 Å². The fraction of sp³-hybridized carbons (Fsp3) is 0.231. The Balaban J connectivity index is 2.00. The van der Waals surface area contributed by atoms with Gasteiger partial charge in [-0.2, -0.15) is 0 Å². The van der Waals surface area contributed by atoms with E-state index in [4.69, 9.17) is 10.5 Å². The second-order valence-electron chi connectivity index (χ2n) is 4.05. The van der Waals surface area contributed by atoms with Crippen molar-refractivity contribution in [2.45, 2.75) is 12.5 Å². The molecule has 1 aliphatic rings. The van der Waals surface area contributed by atoms with Crippen LogP contribution in [0, 0.1) is 5.82 Å².